The first kappa shape index (κ1) is 20.3. The van der Waals surface area contributed by atoms with Gasteiger partial charge in [-0.3, -0.25) is 9.71 Å². The smallest absolute Gasteiger partial charge is 0.319 e. The lowest BCUT2D eigenvalue weighted by Crippen LogP contribution is -2.28. The summed E-state index contributed by atoms with van der Waals surface area (Å²) in [6.07, 6.45) is 3.28. The van der Waals surface area contributed by atoms with Crippen molar-refractivity contribution < 1.29 is 17.6 Å². The molecule has 0 aliphatic carbocycles. The number of halogens is 1. The maximum atomic E-state index is 13.9. The van der Waals surface area contributed by atoms with Gasteiger partial charge >= 0.3 is 6.03 Å². The molecule has 9 heteroatoms. The zero-order valence-electron chi connectivity index (χ0n) is 15.5. The number of urea groups is 1. The van der Waals surface area contributed by atoms with Crippen LogP contribution in [0.2, 0.25) is 0 Å². The highest BCUT2D eigenvalue weighted by Gasteiger charge is 2.16. The molecule has 0 aliphatic rings. The molecule has 3 N–H and O–H groups in total. The van der Waals surface area contributed by atoms with E-state index in [1.54, 1.807) is 31.5 Å². The fourth-order valence-electron chi connectivity index (χ4n) is 2.48. The maximum Gasteiger partial charge on any atom is 0.319 e. The fourth-order valence-corrected chi connectivity index (χ4v) is 3.55. The van der Waals surface area contributed by atoms with Crippen LogP contribution in [0.25, 0.3) is 0 Å². The molecule has 0 spiro atoms. The molecule has 0 atom stereocenters. The first-order valence-electron chi connectivity index (χ1n) is 8.66. The summed E-state index contributed by atoms with van der Waals surface area (Å²) in [6, 6.07) is 12.9. The second kappa shape index (κ2) is 8.70. The van der Waals surface area contributed by atoms with Crippen molar-refractivity contribution in [1.82, 2.24) is 10.3 Å². The van der Waals surface area contributed by atoms with E-state index in [1.165, 1.54) is 36.4 Å². The van der Waals surface area contributed by atoms with E-state index in [0.29, 0.717) is 17.8 Å². The molecule has 2 aromatic carbocycles. The van der Waals surface area contributed by atoms with Gasteiger partial charge in [-0.25, -0.2) is 17.6 Å². The van der Waals surface area contributed by atoms with Gasteiger partial charge in [-0.05, 0) is 60.5 Å². The van der Waals surface area contributed by atoms with Crippen LogP contribution < -0.4 is 15.4 Å². The number of hydrogen-bond donors (Lipinski definition) is 3. The molecule has 0 unspecified atom stereocenters. The predicted octanol–water partition coefficient (Wildman–Crippen LogP) is 3.65. The van der Waals surface area contributed by atoms with Crippen LogP contribution in [0.1, 0.15) is 11.1 Å². The normalized spacial score (nSPS) is 11.0. The van der Waals surface area contributed by atoms with Gasteiger partial charge in [-0.1, -0.05) is 12.1 Å². The monoisotopic (exact) mass is 414 g/mol. The Labute approximate surface area is 168 Å². The summed E-state index contributed by atoms with van der Waals surface area (Å²) in [6.45, 7) is 2.01. The minimum atomic E-state index is -3.97. The molecule has 2 amide bonds. The van der Waals surface area contributed by atoms with Gasteiger partial charge in [0.05, 0.1) is 10.6 Å². The Kier molecular flexibility index (Phi) is 6.08. The minimum absolute atomic E-state index is 0.0567. The highest BCUT2D eigenvalue weighted by molar-refractivity contribution is 7.92. The molecule has 150 valence electrons. The van der Waals surface area contributed by atoms with Gasteiger partial charge in [0.1, 0.15) is 5.82 Å². The van der Waals surface area contributed by atoms with Crippen LogP contribution in [-0.4, -0.2) is 19.4 Å². The molecular weight excluding hydrogens is 395 g/mol. The molecule has 0 saturated heterocycles. The molecule has 0 saturated carbocycles. The van der Waals surface area contributed by atoms with Crippen LogP contribution >= 0.6 is 0 Å². The molecule has 29 heavy (non-hydrogen) atoms. The largest absolute Gasteiger partial charge is 0.334 e. The molecule has 3 aromatic rings. The van der Waals surface area contributed by atoms with E-state index in [1.807, 2.05) is 6.07 Å². The summed E-state index contributed by atoms with van der Waals surface area (Å²) in [7, 11) is -3.97. The molecular formula is C20H19FN4O3S. The van der Waals surface area contributed by atoms with Crippen molar-refractivity contribution in [2.24, 2.45) is 0 Å². The number of sulfonamides is 1. The molecule has 1 heterocycles. The minimum Gasteiger partial charge on any atom is -0.334 e. The fraction of sp³-hybridized carbons (Fsp3) is 0.100. The number of amides is 2. The number of rotatable bonds is 6. The molecule has 0 aliphatic heterocycles. The number of pyridine rings is 1. The lowest BCUT2D eigenvalue weighted by atomic mass is 10.2. The average Bonchev–Trinajstić information content (AvgIpc) is 2.70. The first-order valence-corrected chi connectivity index (χ1v) is 10.1. The van der Waals surface area contributed by atoms with Crippen molar-refractivity contribution in [2.45, 2.75) is 18.4 Å². The second-order valence-corrected chi connectivity index (χ2v) is 7.96. The molecule has 0 bridgehead atoms. The Morgan fingerprint density at radius 3 is 2.52 bits per heavy atom. The van der Waals surface area contributed by atoms with Crippen molar-refractivity contribution in [3.63, 3.8) is 0 Å². The third-order valence-electron chi connectivity index (χ3n) is 3.97. The van der Waals surface area contributed by atoms with E-state index in [-0.39, 0.29) is 10.6 Å². The van der Waals surface area contributed by atoms with Gasteiger partial charge in [-0.15, -0.1) is 0 Å². The van der Waals surface area contributed by atoms with Gasteiger partial charge in [0.2, 0.25) is 0 Å². The lowest BCUT2D eigenvalue weighted by Gasteiger charge is -2.11. The van der Waals surface area contributed by atoms with Crippen LogP contribution in [0.5, 0.6) is 0 Å². The predicted molar refractivity (Wildman–Crippen MR) is 108 cm³/mol. The quantitative estimate of drug-likeness (QED) is 0.573. The molecule has 7 nitrogen and oxygen atoms in total. The number of carbonyl (C=O) groups excluding carboxylic acids is 1. The van der Waals surface area contributed by atoms with Gasteiger partial charge < -0.3 is 10.6 Å². The Hall–Kier alpha value is -3.46. The Morgan fingerprint density at radius 2 is 1.86 bits per heavy atom. The van der Waals surface area contributed by atoms with E-state index in [0.717, 1.165) is 5.56 Å². The second-order valence-electron chi connectivity index (χ2n) is 6.28. The Morgan fingerprint density at radius 1 is 1.10 bits per heavy atom. The van der Waals surface area contributed by atoms with E-state index >= 15 is 0 Å². The third-order valence-corrected chi connectivity index (χ3v) is 5.35. The number of hydrogen-bond acceptors (Lipinski definition) is 4. The van der Waals surface area contributed by atoms with Crippen molar-refractivity contribution in [3.8, 4) is 0 Å². The summed E-state index contributed by atoms with van der Waals surface area (Å²) in [5.74, 6) is -0.655. The van der Waals surface area contributed by atoms with Crippen LogP contribution in [0.15, 0.2) is 71.9 Å². The Bertz CT molecular complexity index is 1100. The van der Waals surface area contributed by atoms with Gasteiger partial charge in [-0.2, -0.15) is 0 Å². The highest BCUT2D eigenvalue weighted by atomic mass is 32.2. The number of aryl methyl sites for hydroxylation is 1. The first-order chi connectivity index (χ1) is 13.8. The van der Waals surface area contributed by atoms with Crippen LogP contribution in [0.3, 0.4) is 0 Å². The SMILES string of the molecule is Cc1ccc(NS(=O)(=O)c2ccc(NC(=O)NCc3cccnc3)cc2)c(F)c1. The number of carbonyl (C=O) groups is 1. The summed E-state index contributed by atoms with van der Waals surface area (Å²) >= 11 is 0. The molecule has 1 aromatic heterocycles. The molecule has 0 fully saturated rings. The highest BCUT2D eigenvalue weighted by Crippen LogP contribution is 2.21. The van der Waals surface area contributed by atoms with E-state index < -0.39 is 21.9 Å². The molecule has 0 radical (unpaired) electrons. The molecule has 3 rings (SSSR count). The summed E-state index contributed by atoms with van der Waals surface area (Å²) < 4.78 is 41.0. The zero-order valence-corrected chi connectivity index (χ0v) is 16.3. The van der Waals surface area contributed by atoms with E-state index in [2.05, 4.69) is 20.3 Å². The Balaban J connectivity index is 1.62. The van der Waals surface area contributed by atoms with Crippen molar-refractivity contribution >= 4 is 27.4 Å². The zero-order chi connectivity index (χ0) is 20.9. The topological polar surface area (TPSA) is 100 Å². The summed E-state index contributed by atoms with van der Waals surface area (Å²) in [4.78, 5) is 15.9. The van der Waals surface area contributed by atoms with Crippen molar-refractivity contribution in [2.75, 3.05) is 10.0 Å². The number of aromatic nitrogens is 1. The van der Waals surface area contributed by atoms with E-state index in [9.17, 15) is 17.6 Å². The summed E-state index contributed by atoms with van der Waals surface area (Å²) in [5, 5.41) is 5.28. The van der Waals surface area contributed by atoms with Gasteiger partial charge in [0.25, 0.3) is 10.0 Å². The lowest BCUT2D eigenvalue weighted by molar-refractivity contribution is 0.251. The van der Waals surface area contributed by atoms with Crippen LogP contribution in [0.4, 0.5) is 20.6 Å². The van der Waals surface area contributed by atoms with Gasteiger partial charge in [0, 0.05) is 24.6 Å². The number of anilines is 2. The van der Waals surface area contributed by atoms with Crippen molar-refractivity contribution in [3.05, 3.63) is 83.9 Å². The van der Waals surface area contributed by atoms with Gasteiger partial charge in [0.15, 0.2) is 0 Å². The summed E-state index contributed by atoms with van der Waals surface area (Å²) in [5.41, 5.74) is 1.81. The number of nitrogens with one attached hydrogen (secondary N) is 3. The van der Waals surface area contributed by atoms with Crippen LogP contribution in [0, 0.1) is 12.7 Å². The van der Waals surface area contributed by atoms with Crippen LogP contribution in [-0.2, 0) is 16.6 Å². The standard InChI is InChI=1S/C20H19FN4O3S/c1-14-4-9-19(18(21)11-14)25-29(27,28)17-7-5-16(6-8-17)24-20(26)23-13-15-3-2-10-22-12-15/h2-12,25H,13H2,1H3,(H2,23,24,26). The number of nitrogens with zero attached hydrogens (tertiary/aromatic N) is 1. The maximum absolute atomic E-state index is 13.9. The van der Waals surface area contributed by atoms with E-state index in [4.69, 9.17) is 0 Å². The third kappa shape index (κ3) is 5.52. The van der Waals surface area contributed by atoms with Crippen molar-refractivity contribution in [1.29, 1.82) is 0 Å². The average molecular weight is 414 g/mol. The number of benzene rings is 2.